The van der Waals surface area contributed by atoms with Crippen LogP contribution in [0.1, 0.15) is 12.8 Å². The summed E-state index contributed by atoms with van der Waals surface area (Å²) < 4.78 is 8.66. The van der Waals surface area contributed by atoms with Crippen LogP contribution >= 0.6 is 38.9 Å². The van der Waals surface area contributed by atoms with Crippen LogP contribution in [0.4, 0.5) is 0 Å². The summed E-state index contributed by atoms with van der Waals surface area (Å²) in [6, 6.07) is 12.3. The standard InChI is InChI=1S/C12H6BrClS.C4H8O/c13-10-3-1-2-8-9-6-7(14)4-5-11(9)15-12(8)10;1-2-4-5-3-1/h1-6H;1-4H2. The molecule has 3 aromatic rings. The van der Waals surface area contributed by atoms with E-state index in [1.807, 2.05) is 12.1 Å². The van der Waals surface area contributed by atoms with Crippen molar-refractivity contribution in [2.24, 2.45) is 0 Å². The van der Waals surface area contributed by atoms with Gasteiger partial charge in [0, 0.05) is 42.9 Å². The van der Waals surface area contributed by atoms with E-state index in [0.717, 1.165) is 22.7 Å². The molecule has 0 amide bonds. The highest BCUT2D eigenvalue weighted by atomic mass is 79.9. The number of hydrogen-bond donors (Lipinski definition) is 0. The second-order valence-corrected chi connectivity index (χ2v) is 7.02. The molecule has 1 saturated heterocycles. The fourth-order valence-electron chi connectivity index (χ4n) is 2.25. The van der Waals surface area contributed by atoms with Crippen LogP contribution in [0.15, 0.2) is 40.9 Å². The minimum absolute atomic E-state index is 0.794. The summed E-state index contributed by atoms with van der Waals surface area (Å²) in [7, 11) is 0. The lowest BCUT2D eigenvalue weighted by molar-refractivity contribution is 0.198. The van der Waals surface area contributed by atoms with Crippen LogP contribution in [0, 0.1) is 0 Å². The summed E-state index contributed by atoms with van der Waals surface area (Å²) in [6.07, 6.45) is 2.56. The van der Waals surface area contributed by atoms with Crippen LogP contribution in [0.5, 0.6) is 0 Å². The zero-order chi connectivity index (χ0) is 13.9. The topological polar surface area (TPSA) is 9.23 Å². The summed E-state index contributed by atoms with van der Waals surface area (Å²) in [5.74, 6) is 0. The molecule has 4 rings (SSSR count). The van der Waals surface area contributed by atoms with Crippen LogP contribution in [-0.4, -0.2) is 13.2 Å². The van der Waals surface area contributed by atoms with Crippen molar-refractivity contribution in [2.45, 2.75) is 12.8 Å². The molecule has 0 saturated carbocycles. The molecule has 0 spiro atoms. The highest BCUT2D eigenvalue weighted by Gasteiger charge is 2.07. The molecule has 0 atom stereocenters. The predicted molar refractivity (Wildman–Crippen MR) is 92.1 cm³/mol. The van der Waals surface area contributed by atoms with E-state index in [9.17, 15) is 0 Å². The Hall–Kier alpha value is -0.610. The van der Waals surface area contributed by atoms with E-state index in [0.29, 0.717) is 0 Å². The van der Waals surface area contributed by atoms with Crippen molar-refractivity contribution in [3.05, 3.63) is 45.9 Å². The average molecular weight is 370 g/mol. The highest BCUT2D eigenvalue weighted by Crippen LogP contribution is 2.38. The molecular formula is C16H14BrClOS. The van der Waals surface area contributed by atoms with Gasteiger partial charge in [0.05, 0.1) is 0 Å². The molecule has 0 bridgehead atoms. The molecule has 1 aromatic heterocycles. The van der Waals surface area contributed by atoms with Crippen LogP contribution in [-0.2, 0) is 4.74 Å². The second kappa shape index (κ2) is 6.44. The fraction of sp³-hybridized carbons (Fsp3) is 0.250. The average Bonchev–Trinajstić information content (AvgIpc) is 3.10. The van der Waals surface area contributed by atoms with E-state index in [1.165, 1.54) is 33.0 Å². The van der Waals surface area contributed by atoms with Gasteiger partial charge in [-0.2, -0.15) is 0 Å². The minimum atomic E-state index is 0.794. The van der Waals surface area contributed by atoms with Gasteiger partial charge in [-0.1, -0.05) is 23.7 Å². The van der Waals surface area contributed by atoms with E-state index < -0.39 is 0 Å². The number of fused-ring (bicyclic) bond motifs is 3. The molecule has 0 N–H and O–H groups in total. The molecule has 4 heteroatoms. The third-order valence-electron chi connectivity index (χ3n) is 3.24. The first kappa shape index (κ1) is 14.3. The summed E-state index contributed by atoms with van der Waals surface area (Å²) in [5.41, 5.74) is 0. The van der Waals surface area contributed by atoms with Gasteiger partial charge in [-0.05, 0) is 53.0 Å². The van der Waals surface area contributed by atoms with Crippen LogP contribution in [0.2, 0.25) is 5.02 Å². The zero-order valence-electron chi connectivity index (χ0n) is 10.9. The van der Waals surface area contributed by atoms with E-state index in [4.69, 9.17) is 16.3 Å². The van der Waals surface area contributed by atoms with Crippen molar-refractivity contribution in [1.29, 1.82) is 0 Å². The van der Waals surface area contributed by atoms with Gasteiger partial charge in [0.1, 0.15) is 0 Å². The highest BCUT2D eigenvalue weighted by molar-refractivity contribution is 9.10. The molecule has 1 nitrogen and oxygen atoms in total. The summed E-state index contributed by atoms with van der Waals surface area (Å²) >= 11 is 11.4. The minimum Gasteiger partial charge on any atom is -0.381 e. The van der Waals surface area contributed by atoms with Gasteiger partial charge in [-0.15, -0.1) is 11.3 Å². The number of rotatable bonds is 0. The largest absolute Gasteiger partial charge is 0.381 e. The van der Waals surface area contributed by atoms with Crippen LogP contribution < -0.4 is 0 Å². The van der Waals surface area contributed by atoms with Crippen LogP contribution in [0.3, 0.4) is 0 Å². The SMILES string of the molecule is C1CCOC1.Clc1ccc2sc3c(Br)cccc3c2c1. The van der Waals surface area contributed by atoms with Gasteiger partial charge in [0.2, 0.25) is 0 Å². The third-order valence-corrected chi connectivity index (χ3v) is 5.62. The Balaban J connectivity index is 0.000000205. The van der Waals surface area contributed by atoms with Gasteiger partial charge >= 0.3 is 0 Å². The van der Waals surface area contributed by atoms with Crippen molar-refractivity contribution < 1.29 is 4.74 Å². The monoisotopic (exact) mass is 368 g/mol. The Morgan fingerprint density at radius 2 is 1.85 bits per heavy atom. The predicted octanol–water partition coefficient (Wildman–Crippen LogP) is 6.27. The van der Waals surface area contributed by atoms with Gasteiger partial charge in [-0.25, -0.2) is 0 Å². The Labute approximate surface area is 135 Å². The van der Waals surface area contributed by atoms with Crippen molar-refractivity contribution in [3.63, 3.8) is 0 Å². The second-order valence-electron chi connectivity index (χ2n) is 4.68. The lowest BCUT2D eigenvalue weighted by Crippen LogP contribution is -1.74. The van der Waals surface area contributed by atoms with Gasteiger partial charge in [0.15, 0.2) is 0 Å². The Morgan fingerprint density at radius 3 is 2.55 bits per heavy atom. The zero-order valence-corrected chi connectivity index (χ0v) is 14.0. The maximum absolute atomic E-state index is 6.01. The maximum atomic E-state index is 6.01. The molecule has 20 heavy (non-hydrogen) atoms. The number of thiophene rings is 1. The molecule has 1 aliphatic heterocycles. The Kier molecular flexibility index (Phi) is 4.61. The van der Waals surface area contributed by atoms with E-state index in [1.54, 1.807) is 11.3 Å². The first-order valence-electron chi connectivity index (χ1n) is 6.60. The molecule has 2 heterocycles. The number of benzene rings is 2. The molecule has 2 aromatic carbocycles. The third kappa shape index (κ3) is 3.01. The quantitative estimate of drug-likeness (QED) is 0.454. The molecule has 1 fully saturated rings. The number of halogens is 2. The van der Waals surface area contributed by atoms with Gasteiger partial charge in [-0.3, -0.25) is 0 Å². The molecule has 104 valence electrons. The van der Waals surface area contributed by atoms with Gasteiger partial charge in [0.25, 0.3) is 0 Å². The summed E-state index contributed by atoms with van der Waals surface area (Å²) in [4.78, 5) is 0. The molecule has 0 radical (unpaired) electrons. The first-order chi connectivity index (χ1) is 9.75. The van der Waals surface area contributed by atoms with E-state index >= 15 is 0 Å². The molecule has 0 aliphatic carbocycles. The maximum Gasteiger partial charge on any atom is 0.0497 e. The van der Waals surface area contributed by atoms with Crippen molar-refractivity contribution in [2.75, 3.05) is 13.2 Å². The number of hydrogen-bond acceptors (Lipinski definition) is 2. The molecule has 1 aliphatic rings. The van der Waals surface area contributed by atoms with Crippen molar-refractivity contribution >= 4 is 59.0 Å². The van der Waals surface area contributed by atoms with E-state index in [2.05, 4.69) is 40.2 Å². The lowest BCUT2D eigenvalue weighted by Gasteiger charge is -1.93. The lowest BCUT2D eigenvalue weighted by atomic mass is 10.1. The van der Waals surface area contributed by atoms with Gasteiger partial charge < -0.3 is 4.74 Å². The molecule has 0 unspecified atom stereocenters. The normalized spacial score (nSPS) is 14.5. The Bertz CT molecular complexity index is 726. The smallest absolute Gasteiger partial charge is 0.0497 e. The Morgan fingerprint density at radius 1 is 1.05 bits per heavy atom. The molecular weight excluding hydrogens is 356 g/mol. The number of ether oxygens (including phenoxy) is 1. The van der Waals surface area contributed by atoms with E-state index in [-0.39, 0.29) is 0 Å². The van der Waals surface area contributed by atoms with Crippen LogP contribution in [0.25, 0.3) is 20.2 Å². The first-order valence-corrected chi connectivity index (χ1v) is 8.58. The summed E-state index contributed by atoms with van der Waals surface area (Å²) in [5, 5.41) is 3.30. The summed E-state index contributed by atoms with van der Waals surface area (Å²) in [6.45, 7) is 2.00. The van der Waals surface area contributed by atoms with Crippen molar-refractivity contribution in [1.82, 2.24) is 0 Å². The fourth-order valence-corrected chi connectivity index (χ4v) is 4.12. The van der Waals surface area contributed by atoms with Crippen molar-refractivity contribution in [3.8, 4) is 0 Å².